The molecule has 0 bridgehead atoms. The number of nitrogens with zero attached hydrogens (tertiary/aromatic N) is 1. The molecule has 2 fully saturated rings. The number of rotatable bonds is 6. The third-order valence-corrected chi connectivity index (χ3v) is 6.76. The summed E-state index contributed by atoms with van der Waals surface area (Å²) in [5.74, 6) is -1.12. The maximum atomic E-state index is 12.8. The Morgan fingerprint density at radius 1 is 1.06 bits per heavy atom. The van der Waals surface area contributed by atoms with Crippen LogP contribution in [0.2, 0.25) is 0 Å². The summed E-state index contributed by atoms with van der Waals surface area (Å²) < 4.78 is 5.40. The maximum absolute atomic E-state index is 12.8. The van der Waals surface area contributed by atoms with Crippen LogP contribution in [0, 0.1) is 0 Å². The lowest BCUT2D eigenvalue weighted by molar-refractivity contribution is -0.136. The average Bonchev–Trinajstić information content (AvgIpc) is 3.18. The molecule has 1 atom stereocenters. The summed E-state index contributed by atoms with van der Waals surface area (Å²) in [6, 6.07) is 12.6. The van der Waals surface area contributed by atoms with E-state index in [1.807, 2.05) is 30.3 Å². The largest absolute Gasteiger partial charge is 0.382 e. The number of piperidine rings is 1. The lowest BCUT2D eigenvalue weighted by Gasteiger charge is -2.29. The van der Waals surface area contributed by atoms with Crippen molar-refractivity contribution < 1.29 is 23.9 Å². The van der Waals surface area contributed by atoms with Crippen LogP contribution in [0.3, 0.4) is 0 Å². The number of anilines is 1. The summed E-state index contributed by atoms with van der Waals surface area (Å²) in [6.07, 6.45) is 2.44. The average molecular weight is 477 g/mol. The Balaban J connectivity index is 1.20. The molecule has 0 aromatic heterocycles. The van der Waals surface area contributed by atoms with E-state index >= 15 is 0 Å². The van der Waals surface area contributed by atoms with Crippen molar-refractivity contribution in [3.63, 3.8) is 0 Å². The van der Waals surface area contributed by atoms with Gasteiger partial charge in [-0.15, -0.1) is 0 Å². The highest BCUT2D eigenvalue weighted by atomic mass is 16.5. The molecule has 35 heavy (non-hydrogen) atoms. The minimum atomic E-state index is -0.641. The van der Waals surface area contributed by atoms with Gasteiger partial charge in [0.15, 0.2) is 0 Å². The second-order valence-corrected chi connectivity index (χ2v) is 9.19. The number of hydrogen-bond acceptors (Lipinski definition) is 6. The lowest BCUT2D eigenvalue weighted by atomic mass is 10.0. The first-order valence-corrected chi connectivity index (χ1v) is 12.0. The minimum absolute atomic E-state index is 0.178. The highest BCUT2D eigenvalue weighted by molar-refractivity contribution is 6.05. The molecule has 0 saturated carbocycles. The minimum Gasteiger partial charge on any atom is -0.382 e. The van der Waals surface area contributed by atoms with E-state index in [-0.39, 0.29) is 24.1 Å². The number of benzene rings is 2. The van der Waals surface area contributed by atoms with Crippen molar-refractivity contribution in [1.82, 2.24) is 15.5 Å². The van der Waals surface area contributed by atoms with Crippen LogP contribution in [0.5, 0.6) is 0 Å². The Kier molecular flexibility index (Phi) is 6.50. The first-order chi connectivity index (χ1) is 17.0. The fraction of sp³-hybridized carbons (Fsp3) is 0.385. The smallest absolute Gasteiger partial charge is 0.255 e. The summed E-state index contributed by atoms with van der Waals surface area (Å²) in [7, 11) is 0. The van der Waals surface area contributed by atoms with Gasteiger partial charge in [0.1, 0.15) is 6.04 Å². The first kappa shape index (κ1) is 23.0. The Morgan fingerprint density at radius 3 is 2.69 bits per heavy atom. The molecule has 4 amide bonds. The third kappa shape index (κ3) is 5.05. The second-order valence-electron chi connectivity index (χ2n) is 9.19. The Morgan fingerprint density at radius 2 is 1.89 bits per heavy atom. The van der Waals surface area contributed by atoms with E-state index in [0.29, 0.717) is 36.7 Å². The molecular formula is C26H28N4O5. The van der Waals surface area contributed by atoms with Gasteiger partial charge in [0.05, 0.1) is 0 Å². The number of nitrogens with one attached hydrogen (secondary N) is 3. The molecule has 182 valence electrons. The Labute approximate surface area is 203 Å². The van der Waals surface area contributed by atoms with Gasteiger partial charge in [-0.2, -0.15) is 0 Å². The topological polar surface area (TPSA) is 117 Å². The second kappa shape index (κ2) is 9.87. The molecule has 0 radical (unpaired) electrons. The van der Waals surface area contributed by atoms with E-state index in [1.165, 1.54) is 4.90 Å². The fourth-order valence-corrected chi connectivity index (χ4v) is 4.85. The highest BCUT2D eigenvalue weighted by Gasteiger charge is 2.39. The van der Waals surface area contributed by atoms with Crippen molar-refractivity contribution in [3.05, 3.63) is 64.7 Å². The molecule has 1 unspecified atom stereocenters. The molecule has 3 aliphatic heterocycles. The monoisotopic (exact) mass is 476 g/mol. The predicted molar refractivity (Wildman–Crippen MR) is 128 cm³/mol. The fourth-order valence-electron chi connectivity index (χ4n) is 4.85. The van der Waals surface area contributed by atoms with Gasteiger partial charge in [0, 0.05) is 55.6 Å². The van der Waals surface area contributed by atoms with Crippen LogP contribution in [-0.2, 0) is 27.4 Å². The molecule has 2 aromatic rings. The van der Waals surface area contributed by atoms with Crippen LogP contribution in [0.15, 0.2) is 42.5 Å². The van der Waals surface area contributed by atoms with E-state index in [1.54, 1.807) is 12.1 Å². The van der Waals surface area contributed by atoms with Crippen LogP contribution >= 0.6 is 0 Å². The van der Waals surface area contributed by atoms with Gasteiger partial charge in [0.25, 0.3) is 11.8 Å². The van der Waals surface area contributed by atoms with Crippen molar-refractivity contribution >= 4 is 29.3 Å². The molecule has 9 nitrogen and oxygen atoms in total. The molecule has 0 aliphatic carbocycles. The Bertz CT molecular complexity index is 1170. The van der Waals surface area contributed by atoms with Crippen LogP contribution < -0.4 is 16.0 Å². The Hall–Kier alpha value is -3.72. The number of fused-ring (bicyclic) bond motifs is 1. The zero-order valence-corrected chi connectivity index (χ0v) is 19.3. The zero-order valence-electron chi connectivity index (χ0n) is 19.3. The van der Waals surface area contributed by atoms with Gasteiger partial charge in [-0.05, 0) is 54.7 Å². The molecule has 3 heterocycles. The van der Waals surface area contributed by atoms with Crippen molar-refractivity contribution in [2.24, 2.45) is 0 Å². The van der Waals surface area contributed by atoms with Crippen molar-refractivity contribution in [3.8, 4) is 0 Å². The molecule has 2 saturated heterocycles. The lowest BCUT2D eigenvalue weighted by Crippen LogP contribution is -2.52. The standard InChI is InChI=1S/C26H28N4O5/c31-23-7-6-22(25(33)29-23)30-15-18-12-16(4-5-21(18)26(30)34)14-27-24(32)17-2-1-3-20(13-17)28-19-8-10-35-11-9-19/h1-5,12-13,19,22,28H,6-11,14-15H2,(H,27,32)(H,29,31,33). The van der Waals surface area contributed by atoms with Gasteiger partial charge in [-0.1, -0.05) is 18.2 Å². The van der Waals surface area contributed by atoms with Gasteiger partial charge in [0.2, 0.25) is 11.8 Å². The molecule has 3 N–H and O–H groups in total. The summed E-state index contributed by atoms with van der Waals surface area (Å²) in [4.78, 5) is 50.8. The van der Waals surface area contributed by atoms with E-state index in [4.69, 9.17) is 4.74 Å². The number of amides is 4. The summed E-state index contributed by atoms with van der Waals surface area (Å²) in [5.41, 5.74) is 3.72. The van der Waals surface area contributed by atoms with Crippen molar-refractivity contribution in [2.75, 3.05) is 18.5 Å². The van der Waals surface area contributed by atoms with Crippen molar-refractivity contribution in [2.45, 2.75) is 50.9 Å². The predicted octanol–water partition coefficient (Wildman–Crippen LogP) is 1.97. The van der Waals surface area contributed by atoms with Gasteiger partial charge in [-0.25, -0.2) is 0 Å². The van der Waals surface area contributed by atoms with E-state index in [9.17, 15) is 19.2 Å². The summed E-state index contributed by atoms with van der Waals surface area (Å²) in [5, 5.41) is 8.73. The third-order valence-electron chi connectivity index (χ3n) is 6.76. The van der Waals surface area contributed by atoms with Gasteiger partial charge < -0.3 is 20.3 Å². The molecule has 5 rings (SSSR count). The van der Waals surface area contributed by atoms with Crippen LogP contribution in [0.4, 0.5) is 5.69 Å². The quantitative estimate of drug-likeness (QED) is 0.549. The molecule has 9 heteroatoms. The van der Waals surface area contributed by atoms with Crippen molar-refractivity contribution in [1.29, 1.82) is 0 Å². The molecule has 2 aromatic carbocycles. The van der Waals surface area contributed by atoms with E-state index < -0.39 is 11.9 Å². The van der Waals surface area contributed by atoms with Crippen LogP contribution in [0.1, 0.15) is 57.5 Å². The first-order valence-electron chi connectivity index (χ1n) is 12.0. The van der Waals surface area contributed by atoms with Gasteiger partial charge >= 0.3 is 0 Å². The molecule has 0 spiro atoms. The van der Waals surface area contributed by atoms with Crippen LogP contribution in [-0.4, -0.2) is 53.8 Å². The SMILES string of the molecule is O=C1CCC(N2Cc3cc(CNC(=O)c4cccc(NC5CCOCC5)c4)ccc3C2=O)C(=O)N1. The zero-order chi connectivity index (χ0) is 24.4. The molecular weight excluding hydrogens is 448 g/mol. The van der Waals surface area contributed by atoms with E-state index in [2.05, 4.69) is 16.0 Å². The molecule has 3 aliphatic rings. The van der Waals surface area contributed by atoms with Crippen LogP contribution in [0.25, 0.3) is 0 Å². The van der Waals surface area contributed by atoms with Gasteiger partial charge in [-0.3, -0.25) is 24.5 Å². The van der Waals surface area contributed by atoms with E-state index in [0.717, 1.165) is 42.9 Å². The number of ether oxygens (including phenoxy) is 1. The highest BCUT2D eigenvalue weighted by Crippen LogP contribution is 2.28. The summed E-state index contributed by atoms with van der Waals surface area (Å²) in [6.45, 7) is 2.11. The number of hydrogen-bond donors (Lipinski definition) is 3. The number of imide groups is 1. The summed E-state index contributed by atoms with van der Waals surface area (Å²) >= 11 is 0. The maximum Gasteiger partial charge on any atom is 0.255 e. The number of carbonyl (C=O) groups excluding carboxylic acids is 4. The number of carbonyl (C=O) groups is 4. The normalized spacial score (nSPS) is 20.4.